The van der Waals surface area contributed by atoms with Gasteiger partial charge in [-0.25, -0.2) is 4.39 Å². The number of fused-ring (bicyclic) bond motifs is 1. The molecule has 0 saturated heterocycles. The predicted octanol–water partition coefficient (Wildman–Crippen LogP) is 3.03. The molecule has 2 aromatic heterocycles. The SMILES string of the molecule is CC(c1cncc(F)c1)N1CCc2sccc2C1C(=O)O. The lowest BCUT2D eigenvalue weighted by Crippen LogP contribution is -2.40. The van der Waals surface area contributed by atoms with Gasteiger partial charge in [-0.15, -0.1) is 11.3 Å². The number of halogens is 1. The van der Waals surface area contributed by atoms with Crippen LogP contribution >= 0.6 is 11.3 Å². The van der Waals surface area contributed by atoms with Crippen LogP contribution in [0.1, 0.15) is 35.0 Å². The number of aromatic nitrogens is 1. The van der Waals surface area contributed by atoms with Gasteiger partial charge in [-0.05, 0) is 42.0 Å². The molecule has 6 heteroatoms. The minimum atomic E-state index is -0.870. The fourth-order valence-corrected chi connectivity index (χ4v) is 3.78. The lowest BCUT2D eigenvalue weighted by molar-refractivity contribution is -0.145. The van der Waals surface area contributed by atoms with Crippen LogP contribution in [0.2, 0.25) is 0 Å². The maximum atomic E-state index is 13.3. The third kappa shape index (κ3) is 2.56. The molecule has 0 saturated carbocycles. The predicted molar refractivity (Wildman–Crippen MR) is 77.7 cm³/mol. The summed E-state index contributed by atoms with van der Waals surface area (Å²) < 4.78 is 13.3. The lowest BCUT2D eigenvalue weighted by atomic mass is 9.96. The lowest BCUT2D eigenvalue weighted by Gasteiger charge is -2.37. The van der Waals surface area contributed by atoms with E-state index in [0.717, 1.165) is 23.1 Å². The normalized spacial score (nSPS) is 20.0. The van der Waals surface area contributed by atoms with Crippen LogP contribution in [0.25, 0.3) is 0 Å². The van der Waals surface area contributed by atoms with Gasteiger partial charge in [0.15, 0.2) is 0 Å². The Hall–Kier alpha value is -1.79. The zero-order chi connectivity index (χ0) is 15.0. The van der Waals surface area contributed by atoms with Crippen molar-refractivity contribution in [3.05, 3.63) is 51.7 Å². The Kier molecular flexibility index (Phi) is 3.73. The van der Waals surface area contributed by atoms with E-state index in [1.807, 2.05) is 23.3 Å². The van der Waals surface area contributed by atoms with Gasteiger partial charge < -0.3 is 5.11 Å². The van der Waals surface area contributed by atoms with Crippen molar-refractivity contribution in [3.63, 3.8) is 0 Å². The molecule has 3 rings (SSSR count). The van der Waals surface area contributed by atoms with Crippen LogP contribution in [0.4, 0.5) is 4.39 Å². The number of rotatable bonds is 3. The second-order valence-electron chi connectivity index (χ2n) is 5.14. The summed E-state index contributed by atoms with van der Waals surface area (Å²) in [6, 6.07) is 2.40. The highest BCUT2D eigenvalue weighted by molar-refractivity contribution is 7.10. The molecular formula is C15H15FN2O2S. The number of carboxylic acids is 1. The molecule has 3 heterocycles. The first-order chi connectivity index (χ1) is 10.1. The number of hydrogen-bond donors (Lipinski definition) is 1. The first-order valence-corrected chi connectivity index (χ1v) is 7.61. The molecule has 110 valence electrons. The number of carboxylic acid groups (broad SMARTS) is 1. The molecule has 0 amide bonds. The van der Waals surface area contributed by atoms with Crippen molar-refractivity contribution < 1.29 is 14.3 Å². The van der Waals surface area contributed by atoms with Gasteiger partial charge in [0.2, 0.25) is 0 Å². The summed E-state index contributed by atoms with van der Waals surface area (Å²) in [6.45, 7) is 2.53. The summed E-state index contributed by atoms with van der Waals surface area (Å²) in [6.07, 6.45) is 3.57. The van der Waals surface area contributed by atoms with E-state index in [9.17, 15) is 14.3 Å². The minimum absolute atomic E-state index is 0.206. The molecule has 0 radical (unpaired) electrons. The third-order valence-corrected chi connectivity index (χ3v) is 4.94. The van der Waals surface area contributed by atoms with Crippen LogP contribution in [-0.4, -0.2) is 27.5 Å². The molecule has 1 aliphatic heterocycles. The number of carbonyl (C=O) groups is 1. The average Bonchev–Trinajstić information content (AvgIpc) is 2.93. The number of thiophene rings is 1. The maximum Gasteiger partial charge on any atom is 0.325 e. The molecule has 0 aliphatic carbocycles. The van der Waals surface area contributed by atoms with Crippen LogP contribution in [0.15, 0.2) is 29.9 Å². The first kappa shape index (κ1) is 14.2. The van der Waals surface area contributed by atoms with Crippen LogP contribution in [0, 0.1) is 5.82 Å². The molecule has 0 aromatic carbocycles. The maximum absolute atomic E-state index is 13.3. The summed E-state index contributed by atoms with van der Waals surface area (Å²) in [7, 11) is 0. The Bertz CT molecular complexity index is 673. The van der Waals surface area contributed by atoms with E-state index < -0.39 is 17.8 Å². The van der Waals surface area contributed by atoms with E-state index in [1.165, 1.54) is 6.07 Å². The van der Waals surface area contributed by atoms with E-state index in [0.29, 0.717) is 12.1 Å². The number of pyridine rings is 1. The summed E-state index contributed by atoms with van der Waals surface area (Å²) in [4.78, 5) is 18.6. The van der Waals surface area contributed by atoms with Gasteiger partial charge in [0, 0.05) is 23.7 Å². The summed E-state index contributed by atoms with van der Waals surface area (Å²) in [5.74, 6) is -1.27. The highest BCUT2D eigenvalue weighted by Gasteiger charge is 2.36. The Balaban J connectivity index is 1.96. The standard InChI is InChI=1S/C15H15FN2O2S/c1-9(10-6-11(16)8-17-7-10)18-4-2-13-12(3-5-21-13)14(18)15(19)20/h3,5-9,14H,2,4H2,1H3,(H,19,20). The number of hydrogen-bond acceptors (Lipinski definition) is 4. The summed E-state index contributed by atoms with van der Waals surface area (Å²) >= 11 is 1.60. The van der Waals surface area contributed by atoms with Gasteiger partial charge in [0.25, 0.3) is 0 Å². The van der Waals surface area contributed by atoms with Gasteiger partial charge >= 0.3 is 5.97 Å². The molecule has 2 atom stereocenters. The van der Waals surface area contributed by atoms with E-state index in [4.69, 9.17) is 0 Å². The van der Waals surface area contributed by atoms with Crippen molar-refractivity contribution in [2.75, 3.05) is 6.54 Å². The fourth-order valence-electron chi connectivity index (χ4n) is 2.88. The van der Waals surface area contributed by atoms with Crippen molar-refractivity contribution in [1.82, 2.24) is 9.88 Å². The van der Waals surface area contributed by atoms with E-state index in [-0.39, 0.29) is 6.04 Å². The summed E-state index contributed by atoms with van der Waals surface area (Å²) in [5, 5.41) is 11.5. The van der Waals surface area contributed by atoms with Gasteiger partial charge in [-0.2, -0.15) is 0 Å². The Morgan fingerprint density at radius 2 is 2.38 bits per heavy atom. The highest BCUT2D eigenvalue weighted by atomic mass is 32.1. The molecule has 4 nitrogen and oxygen atoms in total. The smallest absolute Gasteiger partial charge is 0.325 e. The van der Waals surface area contributed by atoms with Crippen molar-refractivity contribution >= 4 is 17.3 Å². The number of nitrogens with zero attached hydrogens (tertiary/aromatic N) is 2. The first-order valence-electron chi connectivity index (χ1n) is 6.73. The van der Waals surface area contributed by atoms with Gasteiger partial charge in [0.1, 0.15) is 11.9 Å². The van der Waals surface area contributed by atoms with E-state index >= 15 is 0 Å². The monoisotopic (exact) mass is 306 g/mol. The largest absolute Gasteiger partial charge is 0.480 e. The van der Waals surface area contributed by atoms with Crippen LogP contribution in [0.5, 0.6) is 0 Å². The Labute approximate surface area is 125 Å². The van der Waals surface area contributed by atoms with Crippen molar-refractivity contribution in [3.8, 4) is 0 Å². The third-order valence-electron chi connectivity index (χ3n) is 3.94. The van der Waals surface area contributed by atoms with Gasteiger partial charge in [-0.1, -0.05) is 0 Å². The molecule has 21 heavy (non-hydrogen) atoms. The van der Waals surface area contributed by atoms with Crippen LogP contribution < -0.4 is 0 Å². The molecule has 1 N–H and O–H groups in total. The van der Waals surface area contributed by atoms with Crippen molar-refractivity contribution in [2.45, 2.75) is 25.4 Å². The molecule has 2 unspecified atom stereocenters. The van der Waals surface area contributed by atoms with Crippen molar-refractivity contribution in [1.29, 1.82) is 0 Å². The van der Waals surface area contributed by atoms with E-state index in [1.54, 1.807) is 17.5 Å². The van der Waals surface area contributed by atoms with Gasteiger partial charge in [-0.3, -0.25) is 14.7 Å². The topological polar surface area (TPSA) is 53.4 Å². The molecule has 1 aliphatic rings. The molecule has 0 spiro atoms. The second kappa shape index (κ2) is 5.54. The van der Waals surface area contributed by atoms with E-state index in [2.05, 4.69) is 4.98 Å². The quantitative estimate of drug-likeness (QED) is 0.947. The molecular weight excluding hydrogens is 291 g/mol. The number of aliphatic carboxylic acids is 1. The second-order valence-corrected chi connectivity index (χ2v) is 6.14. The minimum Gasteiger partial charge on any atom is -0.480 e. The molecule has 0 bridgehead atoms. The zero-order valence-corrected chi connectivity index (χ0v) is 12.3. The zero-order valence-electron chi connectivity index (χ0n) is 11.5. The Morgan fingerprint density at radius 3 is 3.10 bits per heavy atom. The van der Waals surface area contributed by atoms with Crippen LogP contribution in [-0.2, 0) is 11.2 Å². The Morgan fingerprint density at radius 1 is 1.57 bits per heavy atom. The summed E-state index contributed by atoms with van der Waals surface area (Å²) in [5.41, 5.74) is 1.55. The average molecular weight is 306 g/mol. The molecule has 0 fully saturated rings. The fraction of sp³-hybridized carbons (Fsp3) is 0.333. The van der Waals surface area contributed by atoms with Crippen LogP contribution in [0.3, 0.4) is 0 Å². The molecule has 2 aromatic rings. The highest BCUT2D eigenvalue weighted by Crippen LogP contribution is 2.38. The van der Waals surface area contributed by atoms with Crippen molar-refractivity contribution in [2.24, 2.45) is 0 Å². The van der Waals surface area contributed by atoms with Gasteiger partial charge in [0.05, 0.1) is 6.20 Å².